The maximum absolute atomic E-state index is 13.4. The van der Waals surface area contributed by atoms with E-state index in [9.17, 15) is 18.8 Å². The minimum atomic E-state index is -0.574. The van der Waals surface area contributed by atoms with Gasteiger partial charge in [-0.3, -0.25) is 19.3 Å². The molecule has 0 radical (unpaired) electrons. The van der Waals surface area contributed by atoms with Crippen molar-refractivity contribution in [2.24, 2.45) is 0 Å². The molecule has 0 bridgehead atoms. The topological polar surface area (TPSA) is 81.8 Å². The highest BCUT2D eigenvalue weighted by atomic mass is 35.5. The van der Waals surface area contributed by atoms with Crippen LogP contribution < -0.4 is 10.6 Å². The lowest BCUT2D eigenvalue weighted by Gasteiger charge is -2.37. The molecule has 4 rings (SSSR count). The Bertz CT molecular complexity index is 861. The lowest BCUT2D eigenvalue weighted by Crippen LogP contribution is -2.58. The van der Waals surface area contributed by atoms with Crippen LogP contribution in [0.5, 0.6) is 0 Å². The number of amides is 3. The largest absolute Gasteiger partial charge is 0.353 e. The van der Waals surface area contributed by atoms with E-state index in [0.29, 0.717) is 32.4 Å². The summed E-state index contributed by atoms with van der Waals surface area (Å²) in [5.74, 6) is -0.774. The maximum atomic E-state index is 13.4. The number of piperazine rings is 1. The Balaban J connectivity index is 1.34. The summed E-state index contributed by atoms with van der Waals surface area (Å²) in [7, 11) is 0. The van der Waals surface area contributed by atoms with Crippen molar-refractivity contribution in [1.82, 2.24) is 20.4 Å². The lowest BCUT2D eigenvalue weighted by molar-refractivity contribution is -0.133. The standard InChI is InChI=1S/C22H28ClFN4O3/c23-17-10-14(4-6-18(17)24)21(30)26-15-11-19-22(31)25-12-16(28(19)13-15)5-7-20(29)27-8-2-1-3-9-27/h4,6,10,15-16,19H,1-3,5,7-9,11-13H2,(H,25,31)(H,26,30). The highest BCUT2D eigenvalue weighted by molar-refractivity contribution is 6.31. The zero-order valence-corrected chi connectivity index (χ0v) is 18.2. The summed E-state index contributed by atoms with van der Waals surface area (Å²) in [4.78, 5) is 41.6. The molecule has 0 aromatic heterocycles. The zero-order valence-electron chi connectivity index (χ0n) is 17.4. The monoisotopic (exact) mass is 450 g/mol. The van der Waals surface area contributed by atoms with E-state index in [1.807, 2.05) is 4.90 Å². The maximum Gasteiger partial charge on any atom is 0.251 e. The van der Waals surface area contributed by atoms with Gasteiger partial charge in [-0.25, -0.2) is 4.39 Å². The normalized spacial score (nSPS) is 26.3. The molecule has 0 aliphatic carbocycles. The number of nitrogens with zero attached hydrogens (tertiary/aromatic N) is 2. The van der Waals surface area contributed by atoms with E-state index < -0.39 is 5.82 Å². The number of hydrogen-bond donors (Lipinski definition) is 2. The second-order valence-corrected chi connectivity index (χ2v) is 9.03. The predicted molar refractivity (Wildman–Crippen MR) is 114 cm³/mol. The Morgan fingerprint density at radius 1 is 1.23 bits per heavy atom. The van der Waals surface area contributed by atoms with Gasteiger partial charge in [-0.05, 0) is 50.3 Å². The first kappa shape index (κ1) is 22.0. The number of piperidine rings is 1. The highest BCUT2D eigenvalue weighted by Crippen LogP contribution is 2.27. The predicted octanol–water partition coefficient (Wildman–Crippen LogP) is 1.94. The van der Waals surface area contributed by atoms with Crippen LogP contribution in [0.25, 0.3) is 0 Å². The van der Waals surface area contributed by atoms with Gasteiger partial charge in [-0.1, -0.05) is 11.6 Å². The Morgan fingerprint density at radius 2 is 2.00 bits per heavy atom. The Morgan fingerprint density at radius 3 is 2.74 bits per heavy atom. The van der Waals surface area contributed by atoms with Crippen molar-refractivity contribution in [3.63, 3.8) is 0 Å². The number of fused-ring (bicyclic) bond motifs is 1. The number of benzene rings is 1. The molecule has 0 saturated carbocycles. The Hall–Kier alpha value is -2.19. The molecule has 3 aliphatic heterocycles. The summed E-state index contributed by atoms with van der Waals surface area (Å²) >= 11 is 5.78. The van der Waals surface area contributed by atoms with Gasteiger partial charge in [0.05, 0.1) is 11.1 Å². The molecule has 9 heteroatoms. The molecule has 168 valence electrons. The van der Waals surface area contributed by atoms with Crippen LogP contribution >= 0.6 is 11.6 Å². The summed E-state index contributed by atoms with van der Waals surface area (Å²) in [6.45, 7) is 2.74. The van der Waals surface area contributed by atoms with Crippen LogP contribution in [-0.4, -0.2) is 71.8 Å². The summed E-state index contributed by atoms with van der Waals surface area (Å²) in [5.41, 5.74) is 0.282. The Kier molecular flexibility index (Phi) is 6.77. The van der Waals surface area contributed by atoms with Crippen LogP contribution in [0.3, 0.4) is 0 Å². The second kappa shape index (κ2) is 9.53. The average Bonchev–Trinajstić information content (AvgIpc) is 3.20. The molecule has 2 N–H and O–H groups in total. The molecule has 3 heterocycles. The number of halogens is 2. The molecule has 3 unspecified atom stereocenters. The molecule has 3 fully saturated rings. The van der Waals surface area contributed by atoms with Gasteiger partial charge in [-0.15, -0.1) is 0 Å². The van der Waals surface area contributed by atoms with Gasteiger partial charge in [0.15, 0.2) is 0 Å². The van der Waals surface area contributed by atoms with Crippen molar-refractivity contribution in [2.45, 2.75) is 56.7 Å². The Labute approximate surface area is 186 Å². The van der Waals surface area contributed by atoms with Crippen molar-refractivity contribution < 1.29 is 18.8 Å². The molecule has 1 aromatic rings. The number of likely N-dealkylation sites (tertiary alicyclic amines) is 1. The fourth-order valence-corrected chi connectivity index (χ4v) is 5.03. The van der Waals surface area contributed by atoms with E-state index in [-0.39, 0.29) is 46.4 Å². The molecule has 0 spiro atoms. The van der Waals surface area contributed by atoms with E-state index in [1.165, 1.54) is 18.6 Å². The van der Waals surface area contributed by atoms with Gasteiger partial charge in [-0.2, -0.15) is 0 Å². The van der Waals surface area contributed by atoms with Gasteiger partial charge < -0.3 is 15.5 Å². The first-order valence-electron chi connectivity index (χ1n) is 11.0. The van der Waals surface area contributed by atoms with Crippen LogP contribution in [0.2, 0.25) is 5.02 Å². The third kappa shape index (κ3) is 5.01. The van der Waals surface area contributed by atoms with E-state index in [1.54, 1.807) is 0 Å². The summed E-state index contributed by atoms with van der Waals surface area (Å²) in [6.07, 6.45) is 4.98. The number of carbonyl (C=O) groups is 3. The van der Waals surface area contributed by atoms with Crippen molar-refractivity contribution in [3.05, 3.63) is 34.6 Å². The summed E-state index contributed by atoms with van der Waals surface area (Å²) in [5, 5.41) is 5.79. The van der Waals surface area contributed by atoms with Crippen LogP contribution in [0, 0.1) is 5.82 Å². The number of rotatable bonds is 5. The van der Waals surface area contributed by atoms with Gasteiger partial charge in [0.25, 0.3) is 5.91 Å². The fraction of sp³-hybridized carbons (Fsp3) is 0.591. The number of nitrogens with one attached hydrogen (secondary N) is 2. The van der Waals surface area contributed by atoms with E-state index in [2.05, 4.69) is 15.5 Å². The number of carbonyl (C=O) groups excluding carboxylic acids is 3. The van der Waals surface area contributed by atoms with Crippen LogP contribution in [0.1, 0.15) is 48.9 Å². The summed E-state index contributed by atoms with van der Waals surface area (Å²) < 4.78 is 13.4. The molecule has 7 nitrogen and oxygen atoms in total. The first-order valence-corrected chi connectivity index (χ1v) is 11.4. The van der Waals surface area contributed by atoms with E-state index >= 15 is 0 Å². The van der Waals surface area contributed by atoms with Crippen LogP contribution in [0.15, 0.2) is 18.2 Å². The third-order valence-corrected chi connectivity index (χ3v) is 6.83. The lowest BCUT2D eigenvalue weighted by atomic mass is 10.0. The first-order chi connectivity index (χ1) is 14.9. The fourth-order valence-electron chi connectivity index (χ4n) is 4.85. The molecular weight excluding hydrogens is 423 g/mol. The molecule has 3 amide bonds. The third-order valence-electron chi connectivity index (χ3n) is 6.54. The number of hydrogen-bond acceptors (Lipinski definition) is 4. The molecule has 31 heavy (non-hydrogen) atoms. The van der Waals surface area contributed by atoms with Crippen LogP contribution in [-0.2, 0) is 9.59 Å². The van der Waals surface area contributed by atoms with Gasteiger partial charge in [0.2, 0.25) is 11.8 Å². The molecule has 1 aromatic carbocycles. The SMILES string of the molecule is O=C(NC1CC2C(=O)NCC(CCC(=O)N3CCCCC3)N2C1)c1ccc(F)c(Cl)c1. The van der Waals surface area contributed by atoms with Gasteiger partial charge >= 0.3 is 0 Å². The minimum absolute atomic E-state index is 0.0415. The van der Waals surface area contributed by atoms with Gasteiger partial charge in [0, 0.05) is 50.2 Å². The smallest absolute Gasteiger partial charge is 0.251 e. The van der Waals surface area contributed by atoms with Crippen molar-refractivity contribution in [1.29, 1.82) is 0 Å². The molecule has 3 atom stereocenters. The van der Waals surface area contributed by atoms with Crippen molar-refractivity contribution in [3.8, 4) is 0 Å². The molecular formula is C22H28ClFN4O3. The van der Waals surface area contributed by atoms with Gasteiger partial charge in [0.1, 0.15) is 5.82 Å². The minimum Gasteiger partial charge on any atom is -0.353 e. The quantitative estimate of drug-likeness (QED) is 0.718. The molecule has 3 aliphatic rings. The van der Waals surface area contributed by atoms with E-state index in [4.69, 9.17) is 11.6 Å². The zero-order chi connectivity index (χ0) is 22.0. The summed E-state index contributed by atoms with van der Waals surface area (Å²) in [6, 6.07) is 3.41. The van der Waals surface area contributed by atoms with Crippen molar-refractivity contribution >= 4 is 29.3 Å². The highest BCUT2D eigenvalue weighted by Gasteiger charge is 2.43. The molecule has 3 saturated heterocycles. The average molecular weight is 451 g/mol. The van der Waals surface area contributed by atoms with Crippen molar-refractivity contribution in [2.75, 3.05) is 26.2 Å². The second-order valence-electron chi connectivity index (χ2n) is 8.63. The van der Waals surface area contributed by atoms with Crippen LogP contribution in [0.4, 0.5) is 4.39 Å². The van der Waals surface area contributed by atoms with E-state index in [0.717, 1.165) is 32.0 Å².